The average molecular weight is 254 g/mol. The van der Waals surface area contributed by atoms with Crippen LogP contribution in [0.4, 0.5) is 0 Å². The first-order chi connectivity index (χ1) is 8.49. The van der Waals surface area contributed by atoms with Gasteiger partial charge in [-0.15, -0.1) is 0 Å². The molecule has 4 unspecified atom stereocenters. The Balaban J connectivity index is 2.64. The van der Waals surface area contributed by atoms with Crippen LogP contribution in [0.25, 0.3) is 0 Å². The van der Waals surface area contributed by atoms with Gasteiger partial charge in [-0.2, -0.15) is 0 Å². The van der Waals surface area contributed by atoms with Crippen molar-refractivity contribution in [3.05, 3.63) is 0 Å². The minimum atomic E-state index is 0.151. The zero-order valence-corrected chi connectivity index (χ0v) is 12.5. The fraction of sp³-hybridized carbons (Fsp3) is 0.933. The first-order valence-corrected chi connectivity index (χ1v) is 7.53. The Morgan fingerprint density at radius 3 is 2.61 bits per heavy atom. The molecular formula is C15H30N2O. The van der Waals surface area contributed by atoms with Gasteiger partial charge in [-0.25, -0.2) is 0 Å². The zero-order chi connectivity index (χ0) is 13.7. The lowest BCUT2D eigenvalue weighted by atomic mass is 9.77. The van der Waals surface area contributed by atoms with E-state index in [9.17, 15) is 4.79 Å². The molecule has 3 nitrogen and oxygen atoms in total. The maximum absolute atomic E-state index is 12.6. The second-order valence-electron chi connectivity index (χ2n) is 6.05. The smallest absolute Gasteiger partial charge is 0.226 e. The Kier molecular flexibility index (Phi) is 6.13. The Hall–Kier alpha value is -0.570. The largest absolute Gasteiger partial charge is 0.342 e. The molecule has 0 spiro atoms. The van der Waals surface area contributed by atoms with Crippen LogP contribution in [0, 0.1) is 17.8 Å². The molecule has 1 rings (SSSR count). The second kappa shape index (κ2) is 7.13. The van der Waals surface area contributed by atoms with Gasteiger partial charge in [-0.1, -0.05) is 27.2 Å². The molecule has 2 N–H and O–H groups in total. The normalized spacial score (nSPS) is 29.9. The maximum atomic E-state index is 12.6. The molecule has 0 aromatic carbocycles. The predicted octanol–water partition coefficient (Wildman–Crippen LogP) is 2.64. The first kappa shape index (κ1) is 15.5. The van der Waals surface area contributed by atoms with Crippen molar-refractivity contribution in [2.24, 2.45) is 23.5 Å². The lowest BCUT2D eigenvalue weighted by Gasteiger charge is -2.36. The number of nitrogens with two attached hydrogens (primary N) is 1. The van der Waals surface area contributed by atoms with Crippen molar-refractivity contribution in [3.8, 4) is 0 Å². The van der Waals surface area contributed by atoms with E-state index in [1.807, 2.05) is 4.90 Å². The molecule has 0 heterocycles. The molecule has 0 aromatic heterocycles. The Labute approximate surface area is 112 Å². The molecule has 106 valence electrons. The number of amides is 1. The zero-order valence-electron chi connectivity index (χ0n) is 12.5. The lowest BCUT2D eigenvalue weighted by molar-refractivity contribution is -0.138. The van der Waals surface area contributed by atoms with E-state index in [1.165, 1.54) is 0 Å². The number of hydrogen-bond acceptors (Lipinski definition) is 2. The number of carbonyl (C=O) groups excluding carboxylic acids is 1. The van der Waals surface area contributed by atoms with E-state index in [0.717, 1.165) is 38.8 Å². The van der Waals surface area contributed by atoms with E-state index in [1.54, 1.807) is 0 Å². The monoisotopic (exact) mass is 254 g/mol. The van der Waals surface area contributed by atoms with Crippen LogP contribution in [-0.4, -0.2) is 29.9 Å². The first-order valence-electron chi connectivity index (χ1n) is 7.53. The van der Waals surface area contributed by atoms with Gasteiger partial charge < -0.3 is 10.6 Å². The number of carbonyl (C=O) groups is 1. The van der Waals surface area contributed by atoms with E-state index in [-0.39, 0.29) is 12.0 Å². The van der Waals surface area contributed by atoms with E-state index in [4.69, 9.17) is 5.73 Å². The highest BCUT2D eigenvalue weighted by Gasteiger charge is 2.33. The molecule has 0 saturated heterocycles. The highest BCUT2D eigenvalue weighted by Crippen LogP contribution is 2.30. The van der Waals surface area contributed by atoms with Gasteiger partial charge in [0.1, 0.15) is 0 Å². The molecule has 1 aliphatic rings. The summed E-state index contributed by atoms with van der Waals surface area (Å²) in [6.07, 6.45) is 4.17. The van der Waals surface area contributed by atoms with Crippen LogP contribution in [0.2, 0.25) is 0 Å². The van der Waals surface area contributed by atoms with Crippen LogP contribution in [0.1, 0.15) is 53.4 Å². The molecule has 1 aliphatic carbocycles. The van der Waals surface area contributed by atoms with Crippen molar-refractivity contribution in [1.29, 1.82) is 0 Å². The summed E-state index contributed by atoms with van der Waals surface area (Å²) in [5.41, 5.74) is 6.02. The van der Waals surface area contributed by atoms with Crippen molar-refractivity contribution in [2.45, 2.75) is 59.4 Å². The molecule has 3 heteroatoms. The van der Waals surface area contributed by atoms with Crippen LogP contribution in [0.5, 0.6) is 0 Å². The SMILES string of the molecule is CCC(C)CN(CC)C(=O)C1CC(N)CCC1C. The molecule has 1 fully saturated rings. The van der Waals surface area contributed by atoms with Gasteiger partial charge in [-0.05, 0) is 38.0 Å². The minimum absolute atomic E-state index is 0.151. The van der Waals surface area contributed by atoms with Gasteiger partial charge in [0.2, 0.25) is 5.91 Å². The Morgan fingerprint density at radius 1 is 1.39 bits per heavy atom. The molecule has 1 saturated carbocycles. The highest BCUT2D eigenvalue weighted by molar-refractivity contribution is 5.79. The summed E-state index contributed by atoms with van der Waals surface area (Å²) in [7, 11) is 0. The van der Waals surface area contributed by atoms with Crippen LogP contribution < -0.4 is 5.73 Å². The fourth-order valence-corrected chi connectivity index (χ4v) is 2.81. The van der Waals surface area contributed by atoms with E-state index < -0.39 is 0 Å². The fourth-order valence-electron chi connectivity index (χ4n) is 2.81. The lowest BCUT2D eigenvalue weighted by Crippen LogP contribution is -2.45. The van der Waals surface area contributed by atoms with Gasteiger partial charge in [0.25, 0.3) is 0 Å². The van der Waals surface area contributed by atoms with Crippen molar-refractivity contribution in [1.82, 2.24) is 4.90 Å². The minimum Gasteiger partial charge on any atom is -0.342 e. The van der Waals surface area contributed by atoms with Crippen LogP contribution >= 0.6 is 0 Å². The summed E-state index contributed by atoms with van der Waals surface area (Å²) in [4.78, 5) is 14.6. The maximum Gasteiger partial charge on any atom is 0.226 e. The third kappa shape index (κ3) is 3.98. The molecule has 0 bridgehead atoms. The van der Waals surface area contributed by atoms with E-state index in [2.05, 4.69) is 27.7 Å². The van der Waals surface area contributed by atoms with E-state index in [0.29, 0.717) is 17.7 Å². The summed E-state index contributed by atoms with van der Waals surface area (Å²) < 4.78 is 0. The van der Waals surface area contributed by atoms with Crippen LogP contribution in [0.3, 0.4) is 0 Å². The quantitative estimate of drug-likeness (QED) is 0.820. The Bertz CT molecular complexity index is 267. The summed E-state index contributed by atoms with van der Waals surface area (Å²) in [5.74, 6) is 1.56. The third-order valence-corrected chi connectivity index (χ3v) is 4.48. The topological polar surface area (TPSA) is 46.3 Å². The van der Waals surface area contributed by atoms with Crippen molar-refractivity contribution >= 4 is 5.91 Å². The predicted molar refractivity (Wildman–Crippen MR) is 76.2 cm³/mol. The number of nitrogens with zero attached hydrogens (tertiary/aromatic N) is 1. The van der Waals surface area contributed by atoms with Gasteiger partial charge in [0.15, 0.2) is 0 Å². The highest BCUT2D eigenvalue weighted by atomic mass is 16.2. The molecule has 4 atom stereocenters. The van der Waals surface area contributed by atoms with Crippen LogP contribution in [0.15, 0.2) is 0 Å². The molecular weight excluding hydrogens is 224 g/mol. The molecule has 18 heavy (non-hydrogen) atoms. The standard InChI is InChI=1S/C15H30N2O/c1-5-11(3)10-17(6-2)15(18)14-9-13(16)8-7-12(14)4/h11-14H,5-10,16H2,1-4H3. The number of rotatable bonds is 5. The Morgan fingerprint density at radius 2 is 2.06 bits per heavy atom. The number of hydrogen-bond donors (Lipinski definition) is 1. The summed E-state index contributed by atoms with van der Waals surface area (Å²) >= 11 is 0. The van der Waals surface area contributed by atoms with Gasteiger partial charge in [0.05, 0.1) is 0 Å². The average Bonchev–Trinajstić information content (AvgIpc) is 2.37. The van der Waals surface area contributed by atoms with Crippen molar-refractivity contribution < 1.29 is 4.79 Å². The summed E-state index contributed by atoms with van der Waals surface area (Å²) in [6.45, 7) is 10.4. The summed E-state index contributed by atoms with van der Waals surface area (Å²) in [5, 5.41) is 0. The molecule has 0 aliphatic heterocycles. The molecule has 0 radical (unpaired) electrons. The van der Waals surface area contributed by atoms with Gasteiger partial charge in [-0.3, -0.25) is 4.79 Å². The molecule has 1 amide bonds. The van der Waals surface area contributed by atoms with Crippen LogP contribution in [-0.2, 0) is 4.79 Å². The van der Waals surface area contributed by atoms with Crippen molar-refractivity contribution in [2.75, 3.05) is 13.1 Å². The second-order valence-corrected chi connectivity index (χ2v) is 6.05. The van der Waals surface area contributed by atoms with Gasteiger partial charge in [0, 0.05) is 25.0 Å². The van der Waals surface area contributed by atoms with E-state index >= 15 is 0 Å². The summed E-state index contributed by atoms with van der Waals surface area (Å²) in [6, 6.07) is 0.220. The third-order valence-electron chi connectivity index (χ3n) is 4.48. The molecule has 0 aromatic rings. The van der Waals surface area contributed by atoms with Crippen molar-refractivity contribution in [3.63, 3.8) is 0 Å². The van der Waals surface area contributed by atoms with Gasteiger partial charge >= 0.3 is 0 Å².